The standard InChI is InChI=1S/C28H29FN2O4/c1-18-5-4-6-20(15-18)24-13-9-21(17-31(24)28(33)19-7-10-22(29)11-8-19)27(32)30-23-12-14-25(34-2)26(16-23)35-3/h4-8,10-12,14-16,21,24H,9,13,17H2,1-3H3,(H,30,32). The van der Waals surface area contributed by atoms with Gasteiger partial charge in [0, 0.05) is 23.9 Å². The number of anilines is 1. The van der Waals surface area contributed by atoms with Crippen LogP contribution in [-0.2, 0) is 4.79 Å². The highest BCUT2D eigenvalue weighted by atomic mass is 19.1. The normalized spacial score (nSPS) is 17.5. The second-order valence-electron chi connectivity index (χ2n) is 8.73. The molecule has 4 rings (SSSR count). The molecule has 0 aliphatic carbocycles. The Morgan fingerprint density at radius 2 is 1.69 bits per heavy atom. The monoisotopic (exact) mass is 476 g/mol. The molecule has 0 aromatic heterocycles. The summed E-state index contributed by atoms with van der Waals surface area (Å²) >= 11 is 0. The van der Waals surface area contributed by atoms with Crippen molar-refractivity contribution in [3.05, 3.63) is 89.2 Å². The number of ether oxygens (including phenoxy) is 2. The Balaban J connectivity index is 1.57. The van der Waals surface area contributed by atoms with E-state index < -0.39 is 11.7 Å². The molecule has 0 bridgehead atoms. The number of carbonyl (C=O) groups excluding carboxylic acids is 2. The van der Waals surface area contributed by atoms with Gasteiger partial charge < -0.3 is 19.7 Å². The highest BCUT2D eigenvalue weighted by molar-refractivity contribution is 5.96. The fraction of sp³-hybridized carbons (Fsp3) is 0.286. The van der Waals surface area contributed by atoms with E-state index in [-0.39, 0.29) is 24.4 Å². The van der Waals surface area contributed by atoms with Crippen molar-refractivity contribution in [1.29, 1.82) is 0 Å². The Hall–Kier alpha value is -3.87. The van der Waals surface area contributed by atoms with Gasteiger partial charge in [-0.15, -0.1) is 0 Å². The van der Waals surface area contributed by atoms with Gasteiger partial charge in [-0.05, 0) is 61.7 Å². The van der Waals surface area contributed by atoms with E-state index >= 15 is 0 Å². The van der Waals surface area contributed by atoms with Crippen molar-refractivity contribution in [2.75, 3.05) is 26.1 Å². The maximum atomic E-state index is 13.5. The van der Waals surface area contributed by atoms with Crippen LogP contribution in [0.5, 0.6) is 11.5 Å². The number of piperidine rings is 1. The number of methoxy groups -OCH3 is 2. The predicted octanol–water partition coefficient (Wildman–Crippen LogP) is 5.38. The summed E-state index contributed by atoms with van der Waals surface area (Å²) in [5, 5.41) is 2.95. The zero-order valence-electron chi connectivity index (χ0n) is 20.1. The molecule has 1 aliphatic rings. The van der Waals surface area contributed by atoms with Crippen molar-refractivity contribution in [3.8, 4) is 11.5 Å². The lowest BCUT2D eigenvalue weighted by molar-refractivity contribution is -0.121. The van der Waals surface area contributed by atoms with Crippen LogP contribution in [0.15, 0.2) is 66.7 Å². The number of aryl methyl sites for hydroxylation is 1. The van der Waals surface area contributed by atoms with Crippen LogP contribution in [0.2, 0.25) is 0 Å². The van der Waals surface area contributed by atoms with E-state index in [9.17, 15) is 14.0 Å². The summed E-state index contributed by atoms with van der Waals surface area (Å²) in [6, 6.07) is 18.6. The van der Waals surface area contributed by atoms with Crippen LogP contribution in [0.4, 0.5) is 10.1 Å². The minimum Gasteiger partial charge on any atom is -0.493 e. The molecule has 1 aliphatic heterocycles. The topological polar surface area (TPSA) is 67.9 Å². The first-order chi connectivity index (χ1) is 16.9. The van der Waals surface area contributed by atoms with Gasteiger partial charge in [-0.3, -0.25) is 9.59 Å². The Kier molecular flexibility index (Phi) is 7.34. The molecule has 1 fully saturated rings. The van der Waals surface area contributed by atoms with Crippen LogP contribution < -0.4 is 14.8 Å². The molecule has 1 saturated heterocycles. The van der Waals surface area contributed by atoms with Gasteiger partial charge in [0.15, 0.2) is 11.5 Å². The molecule has 0 saturated carbocycles. The smallest absolute Gasteiger partial charge is 0.254 e. The second-order valence-corrected chi connectivity index (χ2v) is 8.73. The maximum absolute atomic E-state index is 13.5. The van der Waals surface area contributed by atoms with E-state index in [0.29, 0.717) is 35.6 Å². The number of nitrogens with one attached hydrogen (secondary N) is 1. The molecule has 2 unspecified atom stereocenters. The number of halogens is 1. The van der Waals surface area contributed by atoms with Gasteiger partial charge in [0.2, 0.25) is 5.91 Å². The predicted molar refractivity (Wildman–Crippen MR) is 132 cm³/mol. The summed E-state index contributed by atoms with van der Waals surface area (Å²) in [4.78, 5) is 28.4. The highest BCUT2D eigenvalue weighted by Crippen LogP contribution is 2.36. The fourth-order valence-corrected chi connectivity index (χ4v) is 4.55. The van der Waals surface area contributed by atoms with Gasteiger partial charge in [0.1, 0.15) is 5.82 Å². The van der Waals surface area contributed by atoms with Crippen molar-refractivity contribution in [1.82, 2.24) is 4.90 Å². The van der Waals surface area contributed by atoms with Crippen LogP contribution in [0.25, 0.3) is 0 Å². The molecule has 1 N–H and O–H groups in total. The molecular formula is C28H29FN2O4. The van der Waals surface area contributed by atoms with E-state index in [1.54, 1.807) is 30.2 Å². The summed E-state index contributed by atoms with van der Waals surface area (Å²) in [7, 11) is 3.09. The van der Waals surface area contributed by atoms with Crippen molar-refractivity contribution in [2.24, 2.45) is 5.92 Å². The van der Waals surface area contributed by atoms with Crippen molar-refractivity contribution >= 4 is 17.5 Å². The number of benzene rings is 3. The van der Waals surface area contributed by atoms with Crippen LogP contribution in [0.3, 0.4) is 0 Å². The number of hydrogen-bond acceptors (Lipinski definition) is 4. The summed E-state index contributed by atoms with van der Waals surface area (Å²) < 4.78 is 24.0. The first kappa shape index (κ1) is 24.3. The summed E-state index contributed by atoms with van der Waals surface area (Å²) in [6.07, 6.45) is 1.27. The summed E-state index contributed by atoms with van der Waals surface area (Å²) in [5.41, 5.74) is 3.11. The number of nitrogens with zero attached hydrogens (tertiary/aromatic N) is 1. The fourth-order valence-electron chi connectivity index (χ4n) is 4.55. The number of likely N-dealkylation sites (tertiary alicyclic amines) is 1. The molecular weight excluding hydrogens is 447 g/mol. The van der Waals surface area contributed by atoms with Gasteiger partial charge in [-0.2, -0.15) is 0 Å². The Bertz CT molecular complexity index is 1210. The highest BCUT2D eigenvalue weighted by Gasteiger charge is 2.36. The molecule has 7 heteroatoms. The van der Waals surface area contributed by atoms with E-state index in [1.165, 1.54) is 31.4 Å². The van der Waals surface area contributed by atoms with Gasteiger partial charge in [0.25, 0.3) is 5.91 Å². The Morgan fingerprint density at radius 3 is 2.37 bits per heavy atom. The maximum Gasteiger partial charge on any atom is 0.254 e. The quantitative estimate of drug-likeness (QED) is 0.519. The molecule has 35 heavy (non-hydrogen) atoms. The molecule has 0 spiro atoms. The van der Waals surface area contributed by atoms with Gasteiger partial charge in [-0.25, -0.2) is 4.39 Å². The molecule has 182 valence electrons. The molecule has 6 nitrogen and oxygen atoms in total. The summed E-state index contributed by atoms with van der Waals surface area (Å²) in [6.45, 7) is 2.27. The zero-order valence-corrected chi connectivity index (χ0v) is 20.1. The summed E-state index contributed by atoms with van der Waals surface area (Å²) in [5.74, 6) is -0.102. The Morgan fingerprint density at radius 1 is 0.943 bits per heavy atom. The molecule has 2 atom stereocenters. The van der Waals surface area contributed by atoms with E-state index in [2.05, 4.69) is 11.4 Å². The van der Waals surface area contributed by atoms with Crippen LogP contribution in [-0.4, -0.2) is 37.5 Å². The van der Waals surface area contributed by atoms with E-state index in [4.69, 9.17) is 9.47 Å². The van der Waals surface area contributed by atoms with Gasteiger partial charge in [-0.1, -0.05) is 29.8 Å². The molecule has 0 radical (unpaired) electrons. The number of amides is 2. The van der Waals surface area contributed by atoms with E-state index in [0.717, 1.165) is 11.1 Å². The number of rotatable bonds is 6. The minimum absolute atomic E-state index is 0.169. The van der Waals surface area contributed by atoms with Crippen LogP contribution in [0.1, 0.15) is 40.4 Å². The SMILES string of the molecule is COc1ccc(NC(=O)C2CCC(c3cccc(C)c3)N(C(=O)c3ccc(F)cc3)C2)cc1OC. The lowest BCUT2D eigenvalue weighted by atomic mass is 9.87. The third-order valence-corrected chi connectivity index (χ3v) is 6.38. The van der Waals surface area contributed by atoms with Crippen molar-refractivity contribution in [2.45, 2.75) is 25.8 Å². The largest absolute Gasteiger partial charge is 0.493 e. The van der Waals surface area contributed by atoms with Gasteiger partial charge >= 0.3 is 0 Å². The third kappa shape index (κ3) is 5.45. The van der Waals surface area contributed by atoms with Crippen molar-refractivity contribution < 1.29 is 23.5 Å². The first-order valence-electron chi connectivity index (χ1n) is 11.6. The lowest BCUT2D eigenvalue weighted by Crippen LogP contribution is -2.45. The zero-order chi connectivity index (χ0) is 24.9. The first-order valence-corrected chi connectivity index (χ1v) is 11.6. The van der Waals surface area contributed by atoms with Crippen LogP contribution >= 0.6 is 0 Å². The van der Waals surface area contributed by atoms with E-state index in [1.807, 2.05) is 25.1 Å². The Labute approximate surface area is 204 Å². The number of hydrogen-bond donors (Lipinski definition) is 1. The third-order valence-electron chi connectivity index (χ3n) is 6.38. The minimum atomic E-state index is -0.400. The van der Waals surface area contributed by atoms with Crippen molar-refractivity contribution in [3.63, 3.8) is 0 Å². The number of carbonyl (C=O) groups is 2. The van der Waals surface area contributed by atoms with Crippen LogP contribution in [0, 0.1) is 18.7 Å². The second kappa shape index (κ2) is 10.6. The van der Waals surface area contributed by atoms with Gasteiger partial charge in [0.05, 0.1) is 26.2 Å². The average molecular weight is 477 g/mol. The average Bonchev–Trinajstić information content (AvgIpc) is 2.88. The molecule has 3 aromatic rings. The molecule has 3 aromatic carbocycles. The molecule has 1 heterocycles. The molecule has 2 amide bonds. The lowest BCUT2D eigenvalue weighted by Gasteiger charge is -2.39.